The van der Waals surface area contributed by atoms with Crippen LogP contribution in [-0.2, 0) is 5.54 Å². The van der Waals surface area contributed by atoms with Crippen molar-refractivity contribution in [3.63, 3.8) is 0 Å². The molecule has 0 aliphatic carbocycles. The molecule has 0 aliphatic rings. The molecule has 0 aromatic heterocycles. The Bertz CT molecular complexity index is 384. The second kappa shape index (κ2) is 3.31. The van der Waals surface area contributed by atoms with Gasteiger partial charge in [0.15, 0.2) is 0 Å². The molecule has 14 heavy (non-hydrogen) atoms. The Kier molecular flexibility index (Phi) is 2.49. The first-order valence-electron chi connectivity index (χ1n) is 3.73. The number of halogens is 3. The molecule has 0 heterocycles. The van der Waals surface area contributed by atoms with Crippen molar-refractivity contribution in [3.05, 3.63) is 35.1 Å². The van der Waals surface area contributed by atoms with E-state index in [9.17, 15) is 13.2 Å². The molecule has 5 heteroatoms. The maximum absolute atomic E-state index is 13.1. The second-order valence-corrected chi connectivity index (χ2v) is 3.06. The molecule has 0 saturated heterocycles. The van der Waals surface area contributed by atoms with E-state index < -0.39 is 28.6 Å². The Morgan fingerprint density at radius 2 is 1.71 bits per heavy atom. The van der Waals surface area contributed by atoms with Gasteiger partial charge in [0.05, 0.1) is 11.6 Å². The predicted molar refractivity (Wildman–Crippen MR) is 43.5 cm³/mol. The van der Waals surface area contributed by atoms with Crippen molar-refractivity contribution in [1.82, 2.24) is 0 Å². The van der Waals surface area contributed by atoms with Gasteiger partial charge in [-0.25, -0.2) is 13.2 Å². The summed E-state index contributed by atoms with van der Waals surface area (Å²) >= 11 is 0. The lowest BCUT2D eigenvalue weighted by Crippen LogP contribution is -2.33. The van der Waals surface area contributed by atoms with E-state index in [0.717, 1.165) is 6.92 Å². The van der Waals surface area contributed by atoms with Gasteiger partial charge in [0.2, 0.25) is 0 Å². The Morgan fingerprint density at radius 3 is 2.07 bits per heavy atom. The largest absolute Gasteiger partial charge is 0.310 e. The van der Waals surface area contributed by atoms with Crippen LogP contribution >= 0.6 is 0 Å². The van der Waals surface area contributed by atoms with E-state index in [1.165, 1.54) is 6.07 Å². The highest BCUT2D eigenvalue weighted by Crippen LogP contribution is 2.24. The summed E-state index contributed by atoms with van der Waals surface area (Å²) in [5, 5.41) is 8.56. The lowest BCUT2D eigenvalue weighted by molar-refractivity contribution is 0.481. The van der Waals surface area contributed by atoms with Crippen molar-refractivity contribution in [2.45, 2.75) is 12.5 Å². The lowest BCUT2D eigenvalue weighted by atomic mass is 9.94. The Labute approximate surface area is 78.8 Å². The monoisotopic (exact) mass is 200 g/mol. The number of hydrogen-bond acceptors (Lipinski definition) is 2. The summed E-state index contributed by atoms with van der Waals surface area (Å²) in [4.78, 5) is 0. The first kappa shape index (κ1) is 10.5. The Morgan fingerprint density at radius 1 is 1.29 bits per heavy atom. The van der Waals surface area contributed by atoms with Gasteiger partial charge in [-0.3, -0.25) is 0 Å². The summed E-state index contributed by atoms with van der Waals surface area (Å²) < 4.78 is 38.7. The van der Waals surface area contributed by atoms with E-state index in [2.05, 4.69) is 0 Å². The fourth-order valence-corrected chi connectivity index (χ4v) is 1.09. The molecule has 1 aromatic rings. The minimum absolute atomic E-state index is 0.487. The predicted octanol–water partition coefficient (Wildman–Crippen LogP) is 1.80. The summed E-state index contributed by atoms with van der Waals surface area (Å²) in [5.74, 6) is -3.36. The van der Waals surface area contributed by atoms with Crippen LogP contribution in [0.4, 0.5) is 13.2 Å². The smallest absolute Gasteiger partial charge is 0.135 e. The number of nitrogens with zero attached hydrogens (tertiary/aromatic N) is 1. The van der Waals surface area contributed by atoms with Crippen LogP contribution in [0, 0.1) is 28.8 Å². The average molecular weight is 200 g/mol. The van der Waals surface area contributed by atoms with Gasteiger partial charge in [-0.2, -0.15) is 5.26 Å². The molecular weight excluding hydrogens is 193 g/mol. The third kappa shape index (κ3) is 1.70. The molecule has 0 radical (unpaired) electrons. The quantitative estimate of drug-likeness (QED) is 0.751. The zero-order valence-corrected chi connectivity index (χ0v) is 7.31. The molecule has 0 saturated carbocycles. The highest BCUT2D eigenvalue weighted by Gasteiger charge is 2.28. The van der Waals surface area contributed by atoms with Gasteiger partial charge in [0.1, 0.15) is 23.0 Å². The Hall–Kier alpha value is -1.54. The lowest BCUT2D eigenvalue weighted by Gasteiger charge is -2.17. The summed E-state index contributed by atoms with van der Waals surface area (Å²) in [6.07, 6.45) is 0. The van der Waals surface area contributed by atoms with Crippen molar-refractivity contribution in [2.75, 3.05) is 0 Å². The zero-order valence-electron chi connectivity index (χ0n) is 7.31. The topological polar surface area (TPSA) is 49.8 Å². The first-order chi connectivity index (χ1) is 6.38. The molecule has 1 atom stereocenters. The van der Waals surface area contributed by atoms with Crippen molar-refractivity contribution in [2.24, 2.45) is 5.73 Å². The van der Waals surface area contributed by atoms with Gasteiger partial charge in [-0.15, -0.1) is 0 Å². The van der Waals surface area contributed by atoms with E-state index in [1.807, 2.05) is 0 Å². The SMILES string of the molecule is C[C@](N)(C#N)c1c(F)cc(F)cc1F. The standard InChI is InChI=1S/C9H7F3N2/c1-9(14,4-13)8-6(11)2-5(10)3-7(8)12/h2-3H,14H2,1H3/t9-/m0/s1. The van der Waals surface area contributed by atoms with Crippen LogP contribution in [0.3, 0.4) is 0 Å². The van der Waals surface area contributed by atoms with Crippen LogP contribution in [0.25, 0.3) is 0 Å². The molecule has 0 fully saturated rings. The van der Waals surface area contributed by atoms with Crippen LogP contribution in [0.5, 0.6) is 0 Å². The molecule has 1 aromatic carbocycles. The van der Waals surface area contributed by atoms with E-state index in [1.54, 1.807) is 0 Å². The number of nitrogens with two attached hydrogens (primary N) is 1. The molecular formula is C9H7F3N2. The maximum atomic E-state index is 13.1. The molecule has 74 valence electrons. The Balaban J connectivity index is 3.44. The van der Waals surface area contributed by atoms with Crippen molar-refractivity contribution < 1.29 is 13.2 Å². The molecule has 0 amide bonds. The zero-order chi connectivity index (χ0) is 10.9. The van der Waals surface area contributed by atoms with Crippen LogP contribution in [0.1, 0.15) is 12.5 Å². The van der Waals surface area contributed by atoms with Crippen molar-refractivity contribution in [1.29, 1.82) is 5.26 Å². The van der Waals surface area contributed by atoms with Crippen LogP contribution < -0.4 is 5.73 Å². The second-order valence-electron chi connectivity index (χ2n) is 3.06. The van der Waals surface area contributed by atoms with E-state index >= 15 is 0 Å². The number of rotatable bonds is 1. The average Bonchev–Trinajstić information content (AvgIpc) is 2.01. The van der Waals surface area contributed by atoms with E-state index in [-0.39, 0.29) is 0 Å². The summed E-state index contributed by atoms with van der Waals surface area (Å²) in [6, 6.07) is 2.51. The number of nitriles is 1. The van der Waals surface area contributed by atoms with Crippen molar-refractivity contribution >= 4 is 0 Å². The van der Waals surface area contributed by atoms with Crippen LogP contribution in [-0.4, -0.2) is 0 Å². The maximum Gasteiger partial charge on any atom is 0.135 e. The van der Waals surface area contributed by atoms with Gasteiger partial charge in [0.25, 0.3) is 0 Å². The molecule has 0 spiro atoms. The fourth-order valence-electron chi connectivity index (χ4n) is 1.09. The van der Waals surface area contributed by atoms with Gasteiger partial charge in [-0.05, 0) is 6.92 Å². The summed E-state index contributed by atoms with van der Waals surface area (Å²) in [5.41, 5.74) is 2.90. The number of benzene rings is 1. The molecule has 0 unspecified atom stereocenters. The van der Waals surface area contributed by atoms with Crippen molar-refractivity contribution in [3.8, 4) is 6.07 Å². The van der Waals surface area contributed by atoms with Crippen LogP contribution in [0.2, 0.25) is 0 Å². The summed E-state index contributed by atoms with van der Waals surface area (Å²) in [6.45, 7) is 1.15. The van der Waals surface area contributed by atoms with E-state index in [4.69, 9.17) is 11.0 Å². The van der Waals surface area contributed by atoms with Crippen LogP contribution in [0.15, 0.2) is 12.1 Å². The molecule has 1 rings (SSSR count). The van der Waals surface area contributed by atoms with Gasteiger partial charge < -0.3 is 5.73 Å². The number of hydrogen-bond donors (Lipinski definition) is 1. The minimum Gasteiger partial charge on any atom is -0.310 e. The summed E-state index contributed by atoms with van der Waals surface area (Å²) in [7, 11) is 0. The van der Waals surface area contributed by atoms with Gasteiger partial charge in [-0.1, -0.05) is 0 Å². The third-order valence-electron chi connectivity index (χ3n) is 1.76. The third-order valence-corrected chi connectivity index (χ3v) is 1.76. The normalized spacial score (nSPS) is 14.6. The molecule has 0 aliphatic heterocycles. The van der Waals surface area contributed by atoms with Gasteiger partial charge >= 0.3 is 0 Å². The first-order valence-corrected chi connectivity index (χ1v) is 3.73. The van der Waals surface area contributed by atoms with E-state index in [0.29, 0.717) is 12.1 Å². The minimum atomic E-state index is -1.80. The highest BCUT2D eigenvalue weighted by atomic mass is 19.1. The highest BCUT2D eigenvalue weighted by molar-refractivity contribution is 5.32. The van der Waals surface area contributed by atoms with Gasteiger partial charge in [0, 0.05) is 12.1 Å². The molecule has 2 nitrogen and oxygen atoms in total. The fraction of sp³-hybridized carbons (Fsp3) is 0.222. The molecule has 0 bridgehead atoms. The molecule has 2 N–H and O–H groups in total.